The first-order valence-corrected chi connectivity index (χ1v) is 30.8. The number of anilines is 4. The normalized spacial score (nSPS) is 20.0. The Balaban J connectivity index is 0.728. The van der Waals surface area contributed by atoms with E-state index in [1.165, 1.54) is 18.5 Å². The molecule has 3 saturated heterocycles. The van der Waals surface area contributed by atoms with E-state index in [1.54, 1.807) is 62.3 Å². The predicted octanol–water partition coefficient (Wildman–Crippen LogP) is 7.12. The van der Waals surface area contributed by atoms with Crippen LogP contribution in [-0.2, 0) is 35.9 Å². The van der Waals surface area contributed by atoms with E-state index in [9.17, 15) is 22.4 Å². The third-order valence-corrected chi connectivity index (χ3v) is 18.8. The number of sulfone groups is 1. The number of aromatic amines is 1. The van der Waals surface area contributed by atoms with Crippen molar-refractivity contribution in [3.05, 3.63) is 101 Å². The van der Waals surface area contributed by atoms with Gasteiger partial charge in [-0.3, -0.25) is 29.6 Å². The summed E-state index contributed by atoms with van der Waals surface area (Å²) in [5.74, 6) is 2.06. The quantitative estimate of drug-likeness (QED) is 0.0926. The zero-order valence-electron chi connectivity index (χ0n) is 50.8. The lowest BCUT2D eigenvalue weighted by Gasteiger charge is -2.47. The molecule has 10 rings (SSSR count). The van der Waals surface area contributed by atoms with Crippen LogP contribution >= 0.6 is 0 Å². The fraction of sp³-hybridized carbons (Fsp3) is 0.541. The molecule has 22 nitrogen and oxygen atoms in total. The second-order valence-corrected chi connectivity index (χ2v) is 28.2. The maximum Gasteiger partial charge on any atom is 0.410 e. The number of H-pyrrole nitrogens is 1. The minimum atomic E-state index is -3.85. The molecule has 0 saturated carbocycles. The van der Waals surface area contributed by atoms with Gasteiger partial charge in [0.05, 0.1) is 47.2 Å². The van der Waals surface area contributed by atoms with Crippen LogP contribution in [0.5, 0.6) is 11.5 Å². The summed E-state index contributed by atoms with van der Waals surface area (Å²) < 4.78 is 65.4. The van der Waals surface area contributed by atoms with Crippen LogP contribution < -0.4 is 24.6 Å². The van der Waals surface area contributed by atoms with Crippen LogP contribution in [0.2, 0.25) is 0 Å². The van der Waals surface area contributed by atoms with Crippen LogP contribution in [0.3, 0.4) is 0 Å². The highest BCUT2D eigenvalue weighted by molar-refractivity contribution is 7.92. The molecule has 4 aliphatic heterocycles. The fourth-order valence-electron chi connectivity index (χ4n) is 11.3. The van der Waals surface area contributed by atoms with Crippen molar-refractivity contribution in [1.82, 2.24) is 54.7 Å². The van der Waals surface area contributed by atoms with Gasteiger partial charge in [-0.05, 0) is 104 Å². The SMILES string of the molecule is Cc1[nH]nc(Nc2ncnc3cc(OCCN4CCN(c5ncc(OC[C@H]6CN(C[C@H]7CN(C(=O)OC(C)(C)C)[C@H](C)CN7CC(=O)N7CC(C)(C)c8ncc(Cc9ccc(F)cc9)cc87)CCO6)cn5)CC4)c(S(=O)(=O)C(C)(C)C)cc23)c1C. The molecule has 456 valence electrons. The lowest BCUT2D eigenvalue weighted by atomic mass is 9.91. The van der Waals surface area contributed by atoms with Gasteiger partial charge in [0.15, 0.2) is 21.4 Å². The van der Waals surface area contributed by atoms with Crippen LogP contribution in [0, 0.1) is 19.7 Å². The number of hydrogen-bond acceptors (Lipinski definition) is 19. The summed E-state index contributed by atoms with van der Waals surface area (Å²) >= 11 is 0. The number of pyridine rings is 1. The molecule has 2 amide bonds. The lowest BCUT2D eigenvalue weighted by Crippen LogP contribution is -2.64. The number of fused-ring (bicyclic) bond motifs is 2. The molecule has 3 fully saturated rings. The Bertz CT molecular complexity index is 3480. The number of carbonyl (C=O) groups excluding carboxylic acids is 2. The monoisotopic (exact) mass is 1190 g/mol. The van der Waals surface area contributed by atoms with E-state index in [0.717, 1.165) is 46.9 Å². The fourth-order valence-corrected chi connectivity index (χ4v) is 12.6. The predicted molar refractivity (Wildman–Crippen MR) is 322 cm³/mol. The van der Waals surface area contributed by atoms with Crippen molar-refractivity contribution in [1.29, 1.82) is 0 Å². The molecule has 2 aromatic carbocycles. The Morgan fingerprint density at radius 2 is 1.60 bits per heavy atom. The maximum atomic E-state index is 14.6. The number of carbonyl (C=O) groups is 2. The van der Waals surface area contributed by atoms with Crippen molar-refractivity contribution in [2.45, 2.75) is 121 Å². The average Bonchev–Trinajstić information content (AvgIpc) is 2.69. The van der Waals surface area contributed by atoms with Gasteiger partial charge >= 0.3 is 6.09 Å². The molecular weight excluding hydrogens is 1110 g/mol. The number of aromatic nitrogens is 7. The molecule has 0 radical (unpaired) electrons. The molecule has 3 atom stereocenters. The summed E-state index contributed by atoms with van der Waals surface area (Å²) in [5.41, 5.74) is 4.88. The second-order valence-electron chi connectivity index (χ2n) is 25.5. The maximum absolute atomic E-state index is 14.6. The number of nitrogens with zero attached hydrogens (tertiary/aromatic N) is 12. The Hall–Kier alpha value is -7.12. The Morgan fingerprint density at radius 1 is 0.859 bits per heavy atom. The summed E-state index contributed by atoms with van der Waals surface area (Å²) in [7, 11) is -3.85. The van der Waals surface area contributed by atoms with Crippen LogP contribution in [0.4, 0.5) is 32.5 Å². The smallest absolute Gasteiger partial charge is 0.410 e. The summed E-state index contributed by atoms with van der Waals surface area (Å²) in [6.45, 7) is 28.4. The number of morpholine rings is 1. The van der Waals surface area contributed by atoms with Crippen molar-refractivity contribution in [2.75, 3.05) is 113 Å². The number of ether oxygens (including phenoxy) is 4. The Kier molecular flexibility index (Phi) is 17.7. The second kappa shape index (κ2) is 24.7. The van der Waals surface area contributed by atoms with E-state index in [0.29, 0.717) is 106 Å². The van der Waals surface area contributed by atoms with Gasteiger partial charge in [0.1, 0.15) is 53.5 Å². The molecule has 24 heteroatoms. The highest BCUT2D eigenvalue weighted by Gasteiger charge is 2.43. The number of rotatable bonds is 17. The molecule has 85 heavy (non-hydrogen) atoms. The molecule has 4 aliphatic rings. The summed E-state index contributed by atoms with van der Waals surface area (Å²) in [6.07, 6.45) is 6.58. The molecule has 0 unspecified atom stereocenters. The summed E-state index contributed by atoms with van der Waals surface area (Å²) in [6, 6.07) is 11.4. The number of benzene rings is 2. The van der Waals surface area contributed by atoms with Gasteiger partial charge in [-0.25, -0.2) is 37.5 Å². The molecular formula is C61H81FN14O8S. The number of aryl methyl sites for hydroxylation is 1. The minimum Gasteiger partial charge on any atom is -0.491 e. The number of amides is 2. The van der Waals surface area contributed by atoms with E-state index < -0.39 is 20.2 Å². The summed E-state index contributed by atoms with van der Waals surface area (Å²) in [4.78, 5) is 64.1. The summed E-state index contributed by atoms with van der Waals surface area (Å²) in [5, 5.41) is 11.1. The molecule has 6 aromatic rings. The number of nitrogens with one attached hydrogen (secondary N) is 2. The first-order chi connectivity index (χ1) is 40.3. The van der Waals surface area contributed by atoms with Gasteiger partial charge in [-0.15, -0.1) is 0 Å². The van der Waals surface area contributed by atoms with Crippen molar-refractivity contribution in [3.63, 3.8) is 0 Å². The molecule has 8 heterocycles. The van der Waals surface area contributed by atoms with Gasteiger partial charge in [-0.1, -0.05) is 26.0 Å². The van der Waals surface area contributed by atoms with Crippen molar-refractivity contribution >= 4 is 56.0 Å². The molecule has 4 aromatic heterocycles. The van der Waals surface area contributed by atoms with Crippen molar-refractivity contribution in [2.24, 2.45) is 0 Å². The largest absolute Gasteiger partial charge is 0.491 e. The standard InChI is InChI=1S/C61H81FN14O8S/c1-39-31-74(35-53(77)76-37-61(10,11)54-50(76)25-43(28-63-54)24-42-12-14-44(62)15-13-42)45(33-75(39)58(78)84-59(4,5)6)32-72-21-22-81-47(34-72)36-83-46-29-64-57(65-30-46)73-18-16-71(17-19-73)20-23-82-51-27-49-48(26-52(51)85(79,80)60(7,8)9)56(67-38-66-49)68-55-40(2)41(3)69-70-55/h12-15,25-30,38-39,45,47H,16-24,31-37H2,1-11H3,(H2,66,67,68,69,70)/t39-,45+,47-/m1/s1. The average molecular weight is 1190 g/mol. The van der Waals surface area contributed by atoms with E-state index in [4.69, 9.17) is 23.9 Å². The topological polar surface area (TPSA) is 230 Å². The van der Waals surface area contributed by atoms with Gasteiger partial charge in [0.25, 0.3) is 0 Å². The van der Waals surface area contributed by atoms with Gasteiger partial charge < -0.3 is 39.0 Å². The van der Waals surface area contributed by atoms with E-state index in [1.807, 2.05) is 58.7 Å². The Morgan fingerprint density at radius 3 is 2.29 bits per heavy atom. The number of halogens is 1. The molecule has 0 aliphatic carbocycles. The van der Waals surface area contributed by atoms with Gasteiger partial charge in [0, 0.05) is 118 Å². The van der Waals surface area contributed by atoms with Crippen LogP contribution in [0.1, 0.15) is 90.4 Å². The van der Waals surface area contributed by atoms with Crippen LogP contribution in [-0.4, -0.2) is 202 Å². The first-order valence-electron chi connectivity index (χ1n) is 29.3. The number of piperazine rings is 2. The highest BCUT2D eigenvalue weighted by atomic mass is 32.2. The van der Waals surface area contributed by atoms with E-state index in [-0.39, 0.29) is 71.8 Å². The molecule has 2 N–H and O–H groups in total. The zero-order chi connectivity index (χ0) is 60.6. The van der Waals surface area contributed by atoms with Gasteiger partial charge in [-0.2, -0.15) is 5.10 Å². The van der Waals surface area contributed by atoms with Crippen molar-refractivity contribution in [3.8, 4) is 11.5 Å². The van der Waals surface area contributed by atoms with Crippen LogP contribution in [0.25, 0.3) is 10.9 Å². The first kappa shape index (κ1) is 61.0. The van der Waals surface area contributed by atoms with Gasteiger partial charge in [0.2, 0.25) is 11.9 Å². The zero-order valence-corrected chi connectivity index (χ0v) is 51.6. The molecule has 0 spiro atoms. The van der Waals surface area contributed by atoms with Crippen molar-refractivity contribution < 1.29 is 41.3 Å². The highest BCUT2D eigenvalue weighted by Crippen LogP contribution is 2.41. The van der Waals surface area contributed by atoms with E-state index in [2.05, 4.69) is 68.9 Å². The lowest BCUT2D eigenvalue weighted by molar-refractivity contribution is -0.122. The third-order valence-electron chi connectivity index (χ3n) is 16.3. The van der Waals surface area contributed by atoms with E-state index >= 15 is 0 Å². The Labute approximate surface area is 497 Å². The molecule has 0 bridgehead atoms. The minimum absolute atomic E-state index is 0.0386. The van der Waals surface area contributed by atoms with Crippen LogP contribution in [0.15, 0.2) is 72.3 Å². The third kappa shape index (κ3) is 14.1. The number of hydrogen-bond donors (Lipinski definition) is 2.